The van der Waals surface area contributed by atoms with Crippen LogP contribution in [0.5, 0.6) is 0 Å². The van der Waals surface area contributed by atoms with E-state index in [1.54, 1.807) is 17.2 Å². The molecule has 3 aromatic rings. The lowest BCUT2D eigenvalue weighted by Gasteiger charge is -2.25. The summed E-state index contributed by atoms with van der Waals surface area (Å²) in [5.41, 5.74) is 3.56. The van der Waals surface area contributed by atoms with Crippen LogP contribution in [-0.4, -0.2) is 28.2 Å². The van der Waals surface area contributed by atoms with Crippen LogP contribution in [0.15, 0.2) is 47.1 Å². The monoisotopic (exact) mass is 377 g/mol. The maximum absolute atomic E-state index is 12.9. The number of fused-ring (bicyclic) bond motifs is 3. The van der Waals surface area contributed by atoms with Crippen LogP contribution < -0.4 is 5.32 Å². The fourth-order valence-electron chi connectivity index (χ4n) is 4.54. The summed E-state index contributed by atoms with van der Waals surface area (Å²) in [5, 5.41) is 4.45. The summed E-state index contributed by atoms with van der Waals surface area (Å²) in [6.45, 7) is 0.864. The Morgan fingerprint density at radius 1 is 1.25 bits per heavy atom. The molecule has 6 nitrogen and oxygen atoms in total. The van der Waals surface area contributed by atoms with Gasteiger partial charge < -0.3 is 19.6 Å². The van der Waals surface area contributed by atoms with Crippen LogP contribution >= 0.6 is 0 Å². The Morgan fingerprint density at radius 2 is 2.14 bits per heavy atom. The predicted octanol–water partition coefficient (Wildman–Crippen LogP) is 3.30. The van der Waals surface area contributed by atoms with Gasteiger partial charge in [0.2, 0.25) is 11.8 Å². The lowest BCUT2D eigenvalue weighted by molar-refractivity contribution is -0.129. The van der Waals surface area contributed by atoms with Crippen LogP contribution in [0.2, 0.25) is 0 Å². The van der Waals surface area contributed by atoms with Gasteiger partial charge in [0.25, 0.3) is 0 Å². The van der Waals surface area contributed by atoms with E-state index < -0.39 is 0 Å². The molecule has 0 radical (unpaired) electrons. The Labute approximate surface area is 162 Å². The van der Waals surface area contributed by atoms with Gasteiger partial charge in [-0.15, -0.1) is 0 Å². The van der Waals surface area contributed by atoms with E-state index in [2.05, 4.69) is 28.5 Å². The average Bonchev–Trinajstić information content (AvgIpc) is 3.42. The third kappa shape index (κ3) is 2.99. The molecular formula is C22H23N3O3. The van der Waals surface area contributed by atoms with Crippen molar-refractivity contribution in [1.82, 2.24) is 15.2 Å². The van der Waals surface area contributed by atoms with Gasteiger partial charge in [0, 0.05) is 29.6 Å². The first-order valence-electron chi connectivity index (χ1n) is 9.89. The molecule has 5 rings (SSSR count). The third-order valence-electron chi connectivity index (χ3n) is 5.94. The first-order valence-corrected chi connectivity index (χ1v) is 9.89. The van der Waals surface area contributed by atoms with Crippen LogP contribution in [0.25, 0.3) is 10.9 Å². The summed E-state index contributed by atoms with van der Waals surface area (Å²) in [6, 6.07) is 11.9. The molecule has 1 aliphatic carbocycles. The molecule has 1 fully saturated rings. The minimum absolute atomic E-state index is 0.00601. The van der Waals surface area contributed by atoms with Gasteiger partial charge in [-0.3, -0.25) is 9.59 Å². The lowest BCUT2D eigenvalue weighted by atomic mass is 9.91. The number of aryl methyl sites for hydroxylation is 1. The molecule has 2 N–H and O–H groups in total. The second-order valence-corrected chi connectivity index (χ2v) is 7.77. The number of hydrogen-bond acceptors (Lipinski definition) is 3. The van der Waals surface area contributed by atoms with E-state index in [4.69, 9.17) is 4.42 Å². The van der Waals surface area contributed by atoms with Crippen molar-refractivity contribution < 1.29 is 14.0 Å². The first kappa shape index (κ1) is 17.1. The SMILES string of the molecule is O=C(N[C@@H]1CCCc2c1[nH]c1ccccc21)[C@@H]1CC(=O)N(Cc2ccco2)C1. The number of aromatic amines is 1. The number of nitrogens with zero attached hydrogens (tertiary/aromatic N) is 1. The number of benzene rings is 1. The summed E-state index contributed by atoms with van der Waals surface area (Å²) in [5.74, 6) is 0.403. The molecule has 6 heteroatoms. The molecule has 0 unspecified atom stereocenters. The van der Waals surface area contributed by atoms with Gasteiger partial charge in [0.05, 0.1) is 24.8 Å². The zero-order chi connectivity index (χ0) is 19.1. The maximum atomic E-state index is 12.9. The average molecular weight is 377 g/mol. The standard InChI is InChI=1S/C22H23N3O3/c26-20-11-14(12-25(20)13-15-5-4-10-28-15)22(27)24-19-9-3-7-17-16-6-1-2-8-18(16)23-21(17)19/h1-2,4-6,8,10,14,19,23H,3,7,9,11-13H2,(H,24,27)/t14-,19-/m1/s1. The highest BCUT2D eigenvalue weighted by molar-refractivity contribution is 5.90. The highest BCUT2D eigenvalue weighted by Crippen LogP contribution is 2.35. The van der Waals surface area contributed by atoms with E-state index in [1.165, 1.54) is 10.9 Å². The molecule has 1 aliphatic heterocycles. The number of nitrogens with one attached hydrogen (secondary N) is 2. The number of carbonyl (C=O) groups excluding carboxylic acids is 2. The van der Waals surface area contributed by atoms with Crippen LogP contribution in [0.1, 0.15) is 42.3 Å². The van der Waals surface area contributed by atoms with Gasteiger partial charge in [-0.2, -0.15) is 0 Å². The molecule has 2 aromatic heterocycles. The summed E-state index contributed by atoms with van der Waals surface area (Å²) in [4.78, 5) is 30.4. The van der Waals surface area contributed by atoms with Gasteiger partial charge in [-0.05, 0) is 43.0 Å². The van der Waals surface area contributed by atoms with Crippen molar-refractivity contribution in [3.8, 4) is 0 Å². The van der Waals surface area contributed by atoms with Crippen molar-refractivity contribution in [3.05, 3.63) is 59.7 Å². The summed E-state index contributed by atoms with van der Waals surface area (Å²) < 4.78 is 5.33. The fourth-order valence-corrected chi connectivity index (χ4v) is 4.54. The lowest BCUT2D eigenvalue weighted by Crippen LogP contribution is -2.36. The van der Waals surface area contributed by atoms with Crippen molar-refractivity contribution in [2.75, 3.05) is 6.54 Å². The highest BCUT2D eigenvalue weighted by Gasteiger charge is 2.36. The topological polar surface area (TPSA) is 78.3 Å². The number of hydrogen-bond donors (Lipinski definition) is 2. The summed E-state index contributed by atoms with van der Waals surface area (Å²) in [7, 11) is 0. The van der Waals surface area contributed by atoms with Crippen molar-refractivity contribution in [2.24, 2.45) is 5.92 Å². The van der Waals surface area contributed by atoms with Crippen molar-refractivity contribution in [2.45, 2.75) is 38.3 Å². The van der Waals surface area contributed by atoms with Crippen molar-refractivity contribution in [3.63, 3.8) is 0 Å². The summed E-state index contributed by atoms with van der Waals surface area (Å²) in [6.07, 6.45) is 4.86. The second kappa shape index (κ2) is 6.86. The number of likely N-dealkylation sites (tertiary alicyclic amines) is 1. The van der Waals surface area contributed by atoms with Crippen LogP contribution in [0, 0.1) is 5.92 Å². The predicted molar refractivity (Wildman–Crippen MR) is 104 cm³/mol. The zero-order valence-corrected chi connectivity index (χ0v) is 15.6. The Balaban J connectivity index is 1.30. The number of H-pyrrole nitrogens is 1. The number of amides is 2. The van der Waals surface area contributed by atoms with Crippen LogP contribution in [-0.2, 0) is 22.6 Å². The number of furan rings is 1. The minimum Gasteiger partial charge on any atom is -0.467 e. The maximum Gasteiger partial charge on any atom is 0.225 e. The molecule has 2 amide bonds. The van der Waals surface area contributed by atoms with Crippen LogP contribution in [0.4, 0.5) is 0 Å². The van der Waals surface area contributed by atoms with Gasteiger partial charge in [0.1, 0.15) is 5.76 Å². The van der Waals surface area contributed by atoms with E-state index in [1.807, 2.05) is 12.1 Å². The molecule has 0 spiro atoms. The number of aromatic nitrogens is 1. The largest absolute Gasteiger partial charge is 0.467 e. The molecular weight excluding hydrogens is 354 g/mol. The fraction of sp³-hybridized carbons (Fsp3) is 0.364. The van der Waals surface area contributed by atoms with E-state index in [-0.39, 0.29) is 30.2 Å². The molecule has 0 bridgehead atoms. The van der Waals surface area contributed by atoms with Gasteiger partial charge >= 0.3 is 0 Å². The first-order chi connectivity index (χ1) is 13.7. The van der Waals surface area contributed by atoms with E-state index in [0.29, 0.717) is 13.1 Å². The van der Waals surface area contributed by atoms with Gasteiger partial charge in [0.15, 0.2) is 0 Å². The Kier molecular flexibility index (Phi) is 4.19. The van der Waals surface area contributed by atoms with E-state index in [0.717, 1.165) is 36.2 Å². The number of rotatable bonds is 4. The number of para-hydroxylation sites is 1. The molecule has 3 heterocycles. The Hall–Kier alpha value is -3.02. The normalized spacial score (nSPS) is 21.9. The smallest absolute Gasteiger partial charge is 0.225 e. The van der Waals surface area contributed by atoms with Crippen molar-refractivity contribution >= 4 is 22.7 Å². The van der Waals surface area contributed by atoms with E-state index in [9.17, 15) is 9.59 Å². The quantitative estimate of drug-likeness (QED) is 0.732. The molecule has 144 valence electrons. The third-order valence-corrected chi connectivity index (χ3v) is 5.94. The zero-order valence-electron chi connectivity index (χ0n) is 15.6. The van der Waals surface area contributed by atoms with Gasteiger partial charge in [-0.25, -0.2) is 0 Å². The van der Waals surface area contributed by atoms with Crippen molar-refractivity contribution in [1.29, 1.82) is 0 Å². The molecule has 1 saturated heterocycles. The van der Waals surface area contributed by atoms with E-state index >= 15 is 0 Å². The molecule has 1 aromatic carbocycles. The Bertz CT molecular complexity index is 1020. The molecule has 2 aliphatic rings. The van der Waals surface area contributed by atoms with Crippen LogP contribution in [0.3, 0.4) is 0 Å². The Morgan fingerprint density at radius 3 is 3.00 bits per heavy atom. The number of carbonyl (C=O) groups is 2. The molecule has 2 atom stereocenters. The second-order valence-electron chi connectivity index (χ2n) is 7.77. The minimum atomic E-state index is -0.308. The highest BCUT2D eigenvalue weighted by atomic mass is 16.3. The molecule has 0 saturated carbocycles. The molecule has 28 heavy (non-hydrogen) atoms. The van der Waals surface area contributed by atoms with Gasteiger partial charge in [-0.1, -0.05) is 18.2 Å². The summed E-state index contributed by atoms with van der Waals surface area (Å²) >= 11 is 0.